The Labute approximate surface area is 202 Å². The van der Waals surface area contributed by atoms with Crippen LogP contribution in [0.1, 0.15) is 45.0 Å². The van der Waals surface area contributed by atoms with Crippen molar-refractivity contribution in [3.05, 3.63) is 29.7 Å². The van der Waals surface area contributed by atoms with E-state index in [4.69, 9.17) is 4.42 Å². The number of furan rings is 1. The van der Waals surface area contributed by atoms with Crippen LogP contribution in [0.5, 0.6) is 0 Å². The van der Waals surface area contributed by atoms with Crippen LogP contribution in [-0.4, -0.2) is 45.4 Å². The zero-order chi connectivity index (χ0) is 25.3. The van der Waals surface area contributed by atoms with Gasteiger partial charge in [0.25, 0.3) is 0 Å². The maximum absolute atomic E-state index is 12.6. The lowest BCUT2D eigenvalue weighted by Gasteiger charge is -2.22. The summed E-state index contributed by atoms with van der Waals surface area (Å²) in [6.45, 7) is 7.87. The van der Waals surface area contributed by atoms with Gasteiger partial charge in [0, 0.05) is 30.3 Å². The second kappa shape index (κ2) is 10.0. The van der Waals surface area contributed by atoms with Gasteiger partial charge in [0.2, 0.25) is 5.95 Å². The maximum atomic E-state index is 12.6. The normalized spacial score (nSPS) is 22.6. The van der Waals surface area contributed by atoms with Crippen LogP contribution in [0.25, 0.3) is 22.3 Å². The van der Waals surface area contributed by atoms with E-state index in [0.29, 0.717) is 34.3 Å². The van der Waals surface area contributed by atoms with E-state index in [1.807, 2.05) is 19.1 Å². The third kappa shape index (κ3) is 5.52. The molecule has 7 nitrogen and oxygen atoms in total. The van der Waals surface area contributed by atoms with Crippen LogP contribution in [0, 0.1) is 24.7 Å². The quantitative estimate of drug-likeness (QED) is 0.378. The molecule has 1 saturated carbocycles. The van der Waals surface area contributed by atoms with Gasteiger partial charge in [-0.05, 0) is 49.7 Å². The minimum absolute atomic E-state index is 0.0379. The van der Waals surface area contributed by atoms with E-state index in [1.165, 1.54) is 0 Å². The topological polar surface area (TPSA) is 96.1 Å². The molecule has 3 aromatic rings. The van der Waals surface area contributed by atoms with Gasteiger partial charge in [-0.15, -0.1) is 0 Å². The second-order valence-corrected chi connectivity index (χ2v) is 9.47. The Balaban J connectivity index is 1.72. The number of aliphatic hydroxyl groups excluding tert-OH is 1. The monoisotopic (exact) mass is 491 g/mol. The Morgan fingerprint density at radius 3 is 2.60 bits per heavy atom. The molecule has 0 spiro atoms. The molecule has 35 heavy (non-hydrogen) atoms. The number of anilines is 2. The average Bonchev–Trinajstić information content (AvgIpc) is 3.33. The highest BCUT2D eigenvalue weighted by Crippen LogP contribution is 2.41. The van der Waals surface area contributed by atoms with Crippen molar-refractivity contribution in [3.63, 3.8) is 0 Å². The number of halogens is 3. The van der Waals surface area contributed by atoms with Gasteiger partial charge >= 0.3 is 6.18 Å². The van der Waals surface area contributed by atoms with Crippen molar-refractivity contribution >= 4 is 22.7 Å². The predicted molar refractivity (Wildman–Crippen MR) is 129 cm³/mol. The zero-order valence-electron chi connectivity index (χ0n) is 20.4. The average molecular weight is 492 g/mol. The van der Waals surface area contributed by atoms with Gasteiger partial charge in [0.05, 0.1) is 23.9 Å². The van der Waals surface area contributed by atoms with Gasteiger partial charge in [0.1, 0.15) is 11.6 Å². The Morgan fingerprint density at radius 2 is 1.94 bits per heavy atom. The molecule has 0 radical (unpaired) electrons. The fourth-order valence-electron chi connectivity index (χ4n) is 4.83. The first-order valence-electron chi connectivity index (χ1n) is 12.0. The van der Waals surface area contributed by atoms with E-state index >= 15 is 0 Å². The van der Waals surface area contributed by atoms with Gasteiger partial charge in [-0.3, -0.25) is 4.98 Å². The fourth-order valence-corrected chi connectivity index (χ4v) is 4.83. The fraction of sp³-hybridized carbons (Fsp3) is 0.560. The number of rotatable bonds is 8. The summed E-state index contributed by atoms with van der Waals surface area (Å²) >= 11 is 0. The van der Waals surface area contributed by atoms with Crippen molar-refractivity contribution in [2.45, 2.75) is 59.2 Å². The SMILES string of the molecule is CCc1cc2cc(-c3c(C)nc(NCCC(F)(F)F)nc3NC3CC(CO)C(C)C3C)oc2cn1. The van der Waals surface area contributed by atoms with Gasteiger partial charge in [0.15, 0.2) is 5.58 Å². The molecule has 3 heterocycles. The third-order valence-electron chi connectivity index (χ3n) is 7.17. The number of fused-ring (bicyclic) bond motifs is 1. The minimum atomic E-state index is -4.27. The molecule has 3 aromatic heterocycles. The molecule has 0 aliphatic heterocycles. The van der Waals surface area contributed by atoms with Crippen molar-refractivity contribution in [1.82, 2.24) is 15.0 Å². The lowest BCUT2D eigenvalue weighted by atomic mass is 9.92. The molecule has 10 heteroatoms. The van der Waals surface area contributed by atoms with E-state index in [1.54, 1.807) is 13.1 Å². The van der Waals surface area contributed by atoms with E-state index < -0.39 is 12.6 Å². The number of aliphatic hydroxyl groups is 1. The molecule has 1 fully saturated rings. The molecular formula is C25H32F3N5O2. The molecule has 1 aliphatic carbocycles. The first-order chi connectivity index (χ1) is 16.6. The van der Waals surface area contributed by atoms with Crippen LogP contribution in [-0.2, 0) is 6.42 Å². The van der Waals surface area contributed by atoms with Crippen LogP contribution < -0.4 is 10.6 Å². The standard InChI is InChI=1S/C25H32F3N5O2/c1-5-18-8-16-10-20(35-21(16)11-30-18)22-15(4)31-24(29-7-6-25(26,27)28)33-23(22)32-19-9-17(12-34)13(2)14(19)3/h8,10-11,13-14,17,19,34H,5-7,9,12H2,1-4H3,(H2,29,31,32,33). The summed E-state index contributed by atoms with van der Waals surface area (Å²) in [5, 5.41) is 16.9. The largest absolute Gasteiger partial charge is 0.454 e. The summed E-state index contributed by atoms with van der Waals surface area (Å²) in [7, 11) is 0. The molecule has 4 rings (SSSR count). The zero-order valence-corrected chi connectivity index (χ0v) is 20.4. The molecule has 4 atom stereocenters. The summed E-state index contributed by atoms with van der Waals surface area (Å²) in [6, 6.07) is 3.93. The number of aromatic nitrogens is 3. The first kappa shape index (κ1) is 25.2. The highest BCUT2D eigenvalue weighted by atomic mass is 19.4. The number of nitrogens with one attached hydrogen (secondary N) is 2. The van der Waals surface area contributed by atoms with Crippen molar-refractivity contribution in [1.29, 1.82) is 0 Å². The van der Waals surface area contributed by atoms with Crippen LogP contribution in [0.4, 0.5) is 24.9 Å². The molecule has 0 amide bonds. The van der Waals surface area contributed by atoms with Crippen LogP contribution >= 0.6 is 0 Å². The number of aryl methyl sites for hydroxylation is 2. The Hall–Kier alpha value is -2.88. The van der Waals surface area contributed by atoms with E-state index in [9.17, 15) is 18.3 Å². The number of hydrogen-bond donors (Lipinski definition) is 3. The summed E-state index contributed by atoms with van der Waals surface area (Å²) in [5.41, 5.74) is 2.83. The molecule has 0 aromatic carbocycles. The number of nitrogens with zero attached hydrogens (tertiary/aromatic N) is 3. The van der Waals surface area contributed by atoms with E-state index in [2.05, 4.69) is 39.4 Å². The second-order valence-electron chi connectivity index (χ2n) is 9.47. The lowest BCUT2D eigenvalue weighted by molar-refractivity contribution is -0.131. The summed E-state index contributed by atoms with van der Waals surface area (Å²) in [5.74, 6) is 1.94. The van der Waals surface area contributed by atoms with Crippen LogP contribution in [0.15, 0.2) is 22.7 Å². The molecule has 190 valence electrons. The van der Waals surface area contributed by atoms with Crippen LogP contribution in [0.2, 0.25) is 0 Å². The van der Waals surface area contributed by atoms with E-state index in [-0.39, 0.29) is 37.0 Å². The molecule has 3 N–H and O–H groups in total. The Kier molecular flexibility index (Phi) is 7.21. The molecular weight excluding hydrogens is 459 g/mol. The molecule has 0 saturated heterocycles. The summed E-state index contributed by atoms with van der Waals surface area (Å²) in [6.07, 6.45) is -1.99. The smallest absolute Gasteiger partial charge is 0.390 e. The lowest BCUT2D eigenvalue weighted by Crippen LogP contribution is -2.25. The van der Waals surface area contributed by atoms with Crippen molar-refractivity contribution < 1.29 is 22.7 Å². The number of hydrogen-bond acceptors (Lipinski definition) is 7. The summed E-state index contributed by atoms with van der Waals surface area (Å²) in [4.78, 5) is 13.4. The number of pyridine rings is 1. The first-order valence-corrected chi connectivity index (χ1v) is 12.0. The number of alkyl halides is 3. The predicted octanol–water partition coefficient (Wildman–Crippen LogP) is 5.58. The molecule has 4 unspecified atom stereocenters. The van der Waals surface area contributed by atoms with Gasteiger partial charge in [-0.2, -0.15) is 18.2 Å². The molecule has 1 aliphatic rings. The van der Waals surface area contributed by atoms with Gasteiger partial charge < -0.3 is 20.2 Å². The van der Waals surface area contributed by atoms with Gasteiger partial charge in [-0.1, -0.05) is 20.8 Å². The third-order valence-corrected chi connectivity index (χ3v) is 7.17. The van der Waals surface area contributed by atoms with E-state index in [0.717, 1.165) is 23.9 Å². The summed E-state index contributed by atoms with van der Waals surface area (Å²) < 4.78 is 44.0. The van der Waals surface area contributed by atoms with Crippen molar-refractivity contribution in [2.75, 3.05) is 23.8 Å². The van der Waals surface area contributed by atoms with Crippen molar-refractivity contribution in [3.8, 4) is 11.3 Å². The molecule has 0 bridgehead atoms. The highest BCUT2D eigenvalue weighted by Gasteiger charge is 2.38. The minimum Gasteiger partial charge on any atom is -0.454 e. The maximum Gasteiger partial charge on any atom is 0.390 e. The Morgan fingerprint density at radius 1 is 1.17 bits per heavy atom. The Bertz CT molecular complexity index is 1180. The van der Waals surface area contributed by atoms with Gasteiger partial charge in [-0.25, -0.2) is 4.98 Å². The van der Waals surface area contributed by atoms with Crippen LogP contribution in [0.3, 0.4) is 0 Å². The highest BCUT2D eigenvalue weighted by molar-refractivity contribution is 5.86. The van der Waals surface area contributed by atoms with Crippen molar-refractivity contribution in [2.24, 2.45) is 17.8 Å².